The summed E-state index contributed by atoms with van der Waals surface area (Å²) in [6.45, 7) is 2.66. The van der Waals surface area contributed by atoms with E-state index in [2.05, 4.69) is 5.32 Å². The summed E-state index contributed by atoms with van der Waals surface area (Å²) >= 11 is 0. The Kier molecular flexibility index (Phi) is 7.23. The van der Waals surface area contributed by atoms with Gasteiger partial charge in [0.05, 0.1) is 27.6 Å². The molecular weight excluding hydrogens is 400 g/mol. The molecule has 0 radical (unpaired) electrons. The number of nitrogens with zero attached hydrogens (tertiary/aromatic N) is 1. The van der Waals surface area contributed by atoms with Crippen molar-refractivity contribution in [3.05, 3.63) is 47.5 Å². The maximum atomic E-state index is 13.4. The second-order valence-corrected chi connectivity index (χ2v) is 7.29. The average Bonchev–Trinajstić information content (AvgIpc) is 3.33. The minimum Gasteiger partial charge on any atom is -0.493 e. The maximum absolute atomic E-state index is 13.4. The fourth-order valence-corrected chi connectivity index (χ4v) is 3.65. The van der Waals surface area contributed by atoms with Gasteiger partial charge in [0.15, 0.2) is 17.3 Å². The number of piperidine rings is 1. The highest BCUT2D eigenvalue weighted by atomic mass is 16.5. The molecule has 8 heteroatoms. The van der Waals surface area contributed by atoms with E-state index in [9.17, 15) is 9.59 Å². The third kappa shape index (κ3) is 5.02. The summed E-state index contributed by atoms with van der Waals surface area (Å²) in [5.41, 5.74) is 0.756. The molecule has 2 amide bonds. The van der Waals surface area contributed by atoms with E-state index in [1.807, 2.05) is 6.92 Å². The molecule has 2 heterocycles. The lowest BCUT2D eigenvalue weighted by molar-refractivity contribution is -0.130. The molecule has 1 aliphatic heterocycles. The molecule has 166 valence electrons. The standard InChI is InChI=1S/C23H28N2O6/c1-15-8-5-6-10-25(15)23(27)17(24-22(26)18-9-7-11-31-18)12-16-13-19(28-2)21(30-4)20(14-16)29-3/h7,9,11-15H,5-6,8,10H2,1-4H3,(H,24,26)/b17-12-. The Morgan fingerprint density at radius 1 is 1.13 bits per heavy atom. The molecule has 3 rings (SSSR count). The predicted octanol–water partition coefficient (Wildman–Crippen LogP) is 3.48. The zero-order valence-electron chi connectivity index (χ0n) is 18.3. The van der Waals surface area contributed by atoms with Gasteiger partial charge in [-0.05, 0) is 62.1 Å². The van der Waals surface area contributed by atoms with Crippen LogP contribution in [0.25, 0.3) is 6.08 Å². The molecule has 2 aromatic rings. The number of carbonyl (C=O) groups excluding carboxylic acids is 2. The number of amides is 2. The molecule has 0 saturated carbocycles. The Morgan fingerprint density at radius 2 is 1.84 bits per heavy atom. The molecule has 0 spiro atoms. The van der Waals surface area contributed by atoms with Gasteiger partial charge in [0.2, 0.25) is 5.75 Å². The van der Waals surface area contributed by atoms with Crippen molar-refractivity contribution in [2.75, 3.05) is 27.9 Å². The fourth-order valence-electron chi connectivity index (χ4n) is 3.65. The van der Waals surface area contributed by atoms with Crippen molar-refractivity contribution in [2.24, 2.45) is 0 Å². The van der Waals surface area contributed by atoms with Crippen LogP contribution in [0.15, 0.2) is 40.6 Å². The summed E-state index contributed by atoms with van der Waals surface area (Å²) in [6.07, 6.45) is 5.95. The molecule has 1 aromatic carbocycles. The number of methoxy groups -OCH3 is 3. The van der Waals surface area contributed by atoms with E-state index >= 15 is 0 Å². The van der Waals surface area contributed by atoms with Crippen molar-refractivity contribution in [2.45, 2.75) is 32.2 Å². The van der Waals surface area contributed by atoms with E-state index in [0.717, 1.165) is 19.3 Å². The van der Waals surface area contributed by atoms with Gasteiger partial charge in [-0.1, -0.05) is 0 Å². The van der Waals surface area contributed by atoms with E-state index in [4.69, 9.17) is 18.6 Å². The molecule has 1 saturated heterocycles. The molecule has 0 bridgehead atoms. The highest BCUT2D eigenvalue weighted by Gasteiger charge is 2.27. The van der Waals surface area contributed by atoms with Crippen molar-refractivity contribution in [1.29, 1.82) is 0 Å². The van der Waals surface area contributed by atoms with Gasteiger partial charge in [0, 0.05) is 12.6 Å². The van der Waals surface area contributed by atoms with Crippen LogP contribution in [-0.2, 0) is 4.79 Å². The number of hydrogen-bond acceptors (Lipinski definition) is 6. The van der Waals surface area contributed by atoms with Gasteiger partial charge in [0.1, 0.15) is 5.70 Å². The number of carbonyl (C=O) groups is 2. The SMILES string of the molecule is COc1cc(/C=C(\NC(=O)c2ccco2)C(=O)N2CCCCC2C)cc(OC)c1OC. The molecule has 1 N–H and O–H groups in total. The zero-order chi connectivity index (χ0) is 22.4. The van der Waals surface area contributed by atoms with E-state index < -0.39 is 5.91 Å². The highest BCUT2D eigenvalue weighted by molar-refractivity contribution is 6.04. The normalized spacial score (nSPS) is 16.6. The van der Waals surface area contributed by atoms with Crippen LogP contribution < -0.4 is 19.5 Å². The average molecular weight is 428 g/mol. The molecule has 1 aliphatic rings. The lowest BCUT2D eigenvalue weighted by Gasteiger charge is -2.34. The summed E-state index contributed by atoms with van der Waals surface area (Å²) in [6, 6.07) is 6.68. The second-order valence-electron chi connectivity index (χ2n) is 7.29. The van der Waals surface area contributed by atoms with Crippen LogP contribution in [0, 0.1) is 0 Å². The molecule has 31 heavy (non-hydrogen) atoms. The van der Waals surface area contributed by atoms with Crippen molar-refractivity contribution < 1.29 is 28.2 Å². The van der Waals surface area contributed by atoms with E-state index in [-0.39, 0.29) is 23.4 Å². The van der Waals surface area contributed by atoms with Crippen LogP contribution in [0.3, 0.4) is 0 Å². The summed E-state index contributed by atoms with van der Waals surface area (Å²) in [5.74, 6) is 0.712. The van der Waals surface area contributed by atoms with E-state index in [1.165, 1.54) is 27.6 Å². The minimum atomic E-state index is -0.498. The first-order valence-corrected chi connectivity index (χ1v) is 10.2. The Hall–Kier alpha value is -3.42. The van der Waals surface area contributed by atoms with Crippen LogP contribution >= 0.6 is 0 Å². The van der Waals surface area contributed by atoms with Crippen LogP contribution in [0.2, 0.25) is 0 Å². The first kappa shape index (κ1) is 22.3. The number of furan rings is 1. The molecule has 1 atom stereocenters. The van der Waals surface area contributed by atoms with Crippen molar-refractivity contribution in [3.8, 4) is 17.2 Å². The van der Waals surface area contributed by atoms with E-state index in [1.54, 1.807) is 35.2 Å². The monoisotopic (exact) mass is 428 g/mol. The summed E-state index contributed by atoms with van der Waals surface area (Å²) < 4.78 is 21.3. The third-order valence-corrected chi connectivity index (χ3v) is 5.29. The zero-order valence-corrected chi connectivity index (χ0v) is 18.3. The Morgan fingerprint density at radius 3 is 2.39 bits per heavy atom. The molecular formula is C23H28N2O6. The van der Waals surface area contributed by atoms with Crippen LogP contribution in [-0.4, -0.2) is 50.6 Å². The van der Waals surface area contributed by atoms with Gasteiger partial charge in [-0.3, -0.25) is 9.59 Å². The molecule has 1 unspecified atom stereocenters. The highest BCUT2D eigenvalue weighted by Crippen LogP contribution is 2.38. The topological polar surface area (TPSA) is 90.2 Å². The van der Waals surface area contributed by atoms with Gasteiger partial charge in [-0.15, -0.1) is 0 Å². The predicted molar refractivity (Wildman–Crippen MR) is 115 cm³/mol. The maximum Gasteiger partial charge on any atom is 0.291 e. The van der Waals surface area contributed by atoms with Gasteiger partial charge >= 0.3 is 0 Å². The first-order valence-electron chi connectivity index (χ1n) is 10.2. The number of benzene rings is 1. The Bertz CT molecular complexity index is 926. The van der Waals surface area contributed by atoms with Crippen molar-refractivity contribution >= 4 is 17.9 Å². The molecule has 1 fully saturated rings. The summed E-state index contributed by atoms with van der Waals surface area (Å²) in [7, 11) is 4.56. The number of likely N-dealkylation sites (tertiary alicyclic amines) is 1. The van der Waals surface area contributed by atoms with E-state index in [0.29, 0.717) is 29.4 Å². The van der Waals surface area contributed by atoms with Gasteiger partial charge in [0.25, 0.3) is 11.8 Å². The Labute approximate surface area is 181 Å². The number of rotatable bonds is 7. The van der Waals surface area contributed by atoms with Crippen LogP contribution in [0.5, 0.6) is 17.2 Å². The smallest absolute Gasteiger partial charge is 0.291 e. The van der Waals surface area contributed by atoms with Crippen molar-refractivity contribution in [1.82, 2.24) is 10.2 Å². The summed E-state index contributed by atoms with van der Waals surface area (Å²) in [4.78, 5) is 27.8. The summed E-state index contributed by atoms with van der Waals surface area (Å²) in [5, 5.41) is 2.71. The molecule has 1 aromatic heterocycles. The number of hydrogen-bond donors (Lipinski definition) is 1. The quantitative estimate of drug-likeness (QED) is 0.679. The number of nitrogens with one attached hydrogen (secondary N) is 1. The van der Waals surface area contributed by atoms with Crippen molar-refractivity contribution in [3.63, 3.8) is 0 Å². The van der Waals surface area contributed by atoms with Gasteiger partial charge in [-0.25, -0.2) is 0 Å². The fraction of sp³-hybridized carbons (Fsp3) is 0.391. The lowest BCUT2D eigenvalue weighted by Crippen LogP contribution is -2.45. The van der Waals surface area contributed by atoms with Crippen LogP contribution in [0.4, 0.5) is 0 Å². The number of ether oxygens (including phenoxy) is 3. The van der Waals surface area contributed by atoms with Gasteiger partial charge < -0.3 is 28.8 Å². The first-order chi connectivity index (χ1) is 15.0. The largest absolute Gasteiger partial charge is 0.493 e. The van der Waals surface area contributed by atoms with Gasteiger partial charge in [-0.2, -0.15) is 0 Å². The minimum absolute atomic E-state index is 0.0881. The molecule has 0 aliphatic carbocycles. The van der Waals surface area contributed by atoms with Crippen LogP contribution in [0.1, 0.15) is 42.3 Å². The lowest BCUT2D eigenvalue weighted by atomic mass is 10.0. The third-order valence-electron chi connectivity index (χ3n) is 5.29. The Balaban J connectivity index is 2.01. The molecule has 8 nitrogen and oxygen atoms in total. The second kappa shape index (κ2) is 10.1.